The lowest BCUT2D eigenvalue weighted by molar-refractivity contribution is -0.00246. The normalized spacial score (nSPS) is 21.0. The summed E-state index contributed by atoms with van der Waals surface area (Å²) in [5.41, 5.74) is -0.435. The molecule has 2 amide bonds. The van der Waals surface area contributed by atoms with Gasteiger partial charge in [0, 0.05) is 12.2 Å². The Kier molecular flexibility index (Phi) is 4.31. The molecule has 112 valence electrons. The van der Waals surface area contributed by atoms with E-state index in [1.807, 2.05) is 6.07 Å². The summed E-state index contributed by atoms with van der Waals surface area (Å²) in [5, 5.41) is 30.7. The van der Waals surface area contributed by atoms with Crippen LogP contribution in [0, 0.1) is 11.3 Å². The molecule has 1 atom stereocenters. The first-order valence-corrected chi connectivity index (χ1v) is 6.48. The number of carbonyl (C=O) groups excluding carboxylic acids is 1. The van der Waals surface area contributed by atoms with Crippen molar-refractivity contribution in [1.29, 1.82) is 5.26 Å². The molecular weight excluding hydrogens is 274 g/mol. The Bertz CT molecular complexity index is 584. The van der Waals surface area contributed by atoms with Crippen molar-refractivity contribution in [3.63, 3.8) is 0 Å². The molecule has 0 saturated carbocycles. The smallest absolute Gasteiger partial charge is 0.321 e. The van der Waals surface area contributed by atoms with Gasteiger partial charge in [-0.1, -0.05) is 0 Å². The molecule has 0 spiro atoms. The van der Waals surface area contributed by atoms with Crippen LogP contribution in [0.4, 0.5) is 10.5 Å². The Balaban J connectivity index is 2.06. The maximum absolute atomic E-state index is 12.1. The highest BCUT2D eigenvalue weighted by atomic mass is 16.5. The molecule has 0 unspecified atom stereocenters. The number of hydrogen-bond acceptors (Lipinski definition) is 5. The third kappa shape index (κ3) is 3.24. The van der Waals surface area contributed by atoms with Crippen LogP contribution in [0.5, 0.6) is 5.75 Å². The van der Waals surface area contributed by atoms with Gasteiger partial charge in [-0.25, -0.2) is 4.79 Å². The van der Waals surface area contributed by atoms with Crippen LogP contribution in [0.1, 0.15) is 12.0 Å². The zero-order valence-corrected chi connectivity index (χ0v) is 11.7. The predicted octanol–water partition coefficient (Wildman–Crippen LogP) is 0.528. The SMILES string of the molecule is COc1ccc(NC(=O)N2CC[C@@](O)(CO)C2)cc1C#N. The maximum atomic E-state index is 12.1. The van der Waals surface area contributed by atoms with Gasteiger partial charge in [0.05, 0.1) is 25.8 Å². The van der Waals surface area contributed by atoms with E-state index >= 15 is 0 Å². The van der Waals surface area contributed by atoms with Gasteiger partial charge in [0.15, 0.2) is 0 Å². The highest BCUT2D eigenvalue weighted by molar-refractivity contribution is 5.90. The minimum atomic E-state index is -1.23. The first-order valence-electron chi connectivity index (χ1n) is 6.48. The average molecular weight is 291 g/mol. The number of carbonyl (C=O) groups is 1. The third-order valence-corrected chi connectivity index (χ3v) is 3.48. The van der Waals surface area contributed by atoms with Gasteiger partial charge < -0.3 is 25.2 Å². The number of rotatable bonds is 3. The van der Waals surface area contributed by atoms with Crippen LogP contribution >= 0.6 is 0 Å². The average Bonchev–Trinajstić information content (AvgIpc) is 2.90. The van der Waals surface area contributed by atoms with Crippen molar-refractivity contribution in [2.75, 3.05) is 32.1 Å². The van der Waals surface area contributed by atoms with Crippen molar-refractivity contribution in [2.24, 2.45) is 0 Å². The standard InChI is InChI=1S/C14H17N3O4/c1-21-12-3-2-11(6-10(12)7-15)16-13(19)17-5-4-14(20,8-17)9-18/h2-3,6,18,20H,4-5,8-9H2,1H3,(H,16,19)/t14-/m0/s1. The number of methoxy groups -OCH3 is 1. The summed E-state index contributed by atoms with van der Waals surface area (Å²) < 4.78 is 5.03. The molecular formula is C14H17N3O4. The van der Waals surface area contributed by atoms with Gasteiger partial charge in [0.25, 0.3) is 0 Å². The summed E-state index contributed by atoms with van der Waals surface area (Å²) in [5.74, 6) is 0.436. The number of urea groups is 1. The lowest BCUT2D eigenvalue weighted by Crippen LogP contribution is -2.40. The molecule has 3 N–H and O–H groups in total. The minimum Gasteiger partial charge on any atom is -0.495 e. The fraction of sp³-hybridized carbons (Fsp3) is 0.429. The number of benzene rings is 1. The van der Waals surface area contributed by atoms with Gasteiger partial charge in [0.2, 0.25) is 0 Å². The second-order valence-electron chi connectivity index (χ2n) is 5.01. The summed E-state index contributed by atoms with van der Waals surface area (Å²) in [6.07, 6.45) is 0.336. The Morgan fingerprint density at radius 2 is 2.38 bits per heavy atom. The van der Waals surface area contributed by atoms with Gasteiger partial charge in [-0.15, -0.1) is 0 Å². The lowest BCUT2D eigenvalue weighted by atomic mass is 10.1. The second-order valence-corrected chi connectivity index (χ2v) is 5.01. The van der Waals surface area contributed by atoms with E-state index in [0.29, 0.717) is 30.0 Å². The quantitative estimate of drug-likeness (QED) is 0.753. The van der Waals surface area contributed by atoms with E-state index in [4.69, 9.17) is 15.1 Å². The molecule has 1 heterocycles. The van der Waals surface area contributed by atoms with Crippen molar-refractivity contribution < 1.29 is 19.7 Å². The highest BCUT2D eigenvalue weighted by Crippen LogP contribution is 2.24. The van der Waals surface area contributed by atoms with Crippen molar-refractivity contribution in [1.82, 2.24) is 4.90 Å². The van der Waals surface area contributed by atoms with Crippen LogP contribution in [0.25, 0.3) is 0 Å². The zero-order chi connectivity index (χ0) is 15.5. The maximum Gasteiger partial charge on any atom is 0.321 e. The zero-order valence-electron chi connectivity index (χ0n) is 11.7. The summed E-state index contributed by atoms with van der Waals surface area (Å²) in [7, 11) is 1.47. The van der Waals surface area contributed by atoms with Crippen LogP contribution in [-0.2, 0) is 0 Å². The van der Waals surface area contributed by atoms with Crippen molar-refractivity contribution in [3.8, 4) is 11.8 Å². The number of β-amino-alcohol motifs (C(OH)–C–C–N with tert-alkyl or cyclic N) is 1. The second kappa shape index (κ2) is 5.99. The Labute approximate surface area is 122 Å². The number of likely N-dealkylation sites (tertiary alicyclic amines) is 1. The molecule has 0 bridgehead atoms. The molecule has 7 nitrogen and oxygen atoms in total. The number of amides is 2. The Morgan fingerprint density at radius 3 is 2.95 bits per heavy atom. The topological polar surface area (TPSA) is 106 Å². The van der Waals surface area contributed by atoms with Crippen molar-refractivity contribution in [3.05, 3.63) is 23.8 Å². The number of hydrogen-bond donors (Lipinski definition) is 3. The first kappa shape index (κ1) is 15.1. The molecule has 7 heteroatoms. The van der Waals surface area contributed by atoms with E-state index in [0.717, 1.165) is 0 Å². The van der Waals surface area contributed by atoms with Gasteiger partial charge >= 0.3 is 6.03 Å². The monoisotopic (exact) mass is 291 g/mol. The number of nitriles is 1. The molecule has 1 saturated heterocycles. The molecule has 2 rings (SSSR count). The number of aliphatic hydroxyl groups is 2. The number of anilines is 1. The minimum absolute atomic E-state index is 0.0800. The van der Waals surface area contributed by atoms with E-state index in [9.17, 15) is 9.90 Å². The van der Waals surface area contributed by atoms with Gasteiger partial charge in [0.1, 0.15) is 17.4 Å². The highest BCUT2D eigenvalue weighted by Gasteiger charge is 2.37. The van der Waals surface area contributed by atoms with Gasteiger partial charge in [-0.3, -0.25) is 0 Å². The molecule has 1 fully saturated rings. The Hall–Kier alpha value is -2.30. The molecule has 0 aliphatic carbocycles. The van der Waals surface area contributed by atoms with Crippen LogP contribution in [0.15, 0.2) is 18.2 Å². The molecule has 0 radical (unpaired) electrons. The van der Waals surface area contributed by atoms with Gasteiger partial charge in [-0.05, 0) is 24.6 Å². The summed E-state index contributed by atoms with van der Waals surface area (Å²) in [4.78, 5) is 13.5. The number of nitrogens with zero attached hydrogens (tertiary/aromatic N) is 2. The van der Waals surface area contributed by atoms with E-state index in [1.165, 1.54) is 18.1 Å². The van der Waals surface area contributed by atoms with E-state index < -0.39 is 5.60 Å². The van der Waals surface area contributed by atoms with Crippen LogP contribution in [0.3, 0.4) is 0 Å². The van der Waals surface area contributed by atoms with E-state index in [1.54, 1.807) is 12.1 Å². The largest absolute Gasteiger partial charge is 0.495 e. The number of nitrogens with one attached hydrogen (secondary N) is 1. The molecule has 0 aromatic heterocycles. The number of ether oxygens (including phenoxy) is 1. The van der Waals surface area contributed by atoms with E-state index in [2.05, 4.69) is 5.32 Å². The molecule has 1 aromatic rings. The summed E-state index contributed by atoms with van der Waals surface area (Å²) in [6.45, 7) is 0.0681. The van der Waals surface area contributed by atoms with Gasteiger partial charge in [-0.2, -0.15) is 5.26 Å². The van der Waals surface area contributed by atoms with Crippen LogP contribution < -0.4 is 10.1 Å². The molecule has 1 aromatic carbocycles. The fourth-order valence-electron chi connectivity index (χ4n) is 2.23. The summed E-state index contributed by atoms with van der Waals surface area (Å²) in [6, 6.07) is 6.36. The Morgan fingerprint density at radius 1 is 1.62 bits per heavy atom. The van der Waals surface area contributed by atoms with Crippen LogP contribution in [0.2, 0.25) is 0 Å². The fourth-order valence-corrected chi connectivity index (χ4v) is 2.23. The van der Waals surface area contributed by atoms with Crippen molar-refractivity contribution in [2.45, 2.75) is 12.0 Å². The molecule has 1 aliphatic rings. The summed E-state index contributed by atoms with van der Waals surface area (Å²) >= 11 is 0. The molecule has 21 heavy (non-hydrogen) atoms. The van der Waals surface area contributed by atoms with Crippen LogP contribution in [-0.4, -0.2) is 53.6 Å². The first-order chi connectivity index (χ1) is 10.0. The van der Waals surface area contributed by atoms with E-state index in [-0.39, 0.29) is 19.2 Å². The third-order valence-electron chi connectivity index (χ3n) is 3.48. The lowest BCUT2D eigenvalue weighted by Gasteiger charge is -2.21. The predicted molar refractivity (Wildman–Crippen MR) is 75.0 cm³/mol. The van der Waals surface area contributed by atoms with Crippen molar-refractivity contribution >= 4 is 11.7 Å². The molecule has 1 aliphatic heterocycles. The number of aliphatic hydroxyl groups excluding tert-OH is 1.